The van der Waals surface area contributed by atoms with Crippen LogP contribution in [-0.4, -0.2) is 130 Å². The van der Waals surface area contributed by atoms with E-state index in [0.29, 0.717) is 0 Å². The van der Waals surface area contributed by atoms with Crippen LogP contribution >= 0.6 is 0 Å². The van der Waals surface area contributed by atoms with Crippen LogP contribution in [0.5, 0.6) is 0 Å². The summed E-state index contributed by atoms with van der Waals surface area (Å²) in [6.45, 7) is 0. The molecule has 0 saturated heterocycles. The molecule has 0 aliphatic carbocycles. The largest absolute Gasteiger partial charge is 2.00 e. The van der Waals surface area contributed by atoms with Gasteiger partial charge in [-0.3, -0.25) is 125 Å². The van der Waals surface area contributed by atoms with Gasteiger partial charge in [0.15, 0.2) is 0 Å². The topological polar surface area (TPSA) is 506 Å². The van der Waals surface area contributed by atoms with Gasteiger partial charge in [-0.1, -0.05) is 0 Å². The molecule has 0 bridgehead atoms. The number of rotatable bonds is 0. The van der Waals surface area contributed by atoms with Crippen LogP contribution in [0.1, 0.15) is 0 Å². The molecule has 0 radical (unpaired) electrons. The van der Waals surface area contributed by atoms with Crippen molar-refractivity contribution in [1.29, 1.82) is 0 Å². The molecule has 0 aromatic rings. The van der Waals surface area contributed by atoms with Crippen LogP contribution in [0.25, 0.3) is 0 Å². The van der Waals surface area contributed by atoms with Gasteiger partial charge in [0.1, 0.15) is 0 Å². The van der Waals surface area contributed by atoms with E-state index < -0.39 is 130 Å². The number of hydrogen-bond donors (Lipinski definition) is 0. The van der Waals surface area contributed by atoms with Crippen molar-refractivity contribution >= 4 is 130 Å². The average Bonchev–Trinajstić information content (AvgIpc) is 2.86. The van der Waals surface area contributed by atoms with Crippen molar-refractivity contribution in [3.8, 4) is 0 Å². The molecule has 0 heterocycles. The van der Waals surface area contributed by atoms with E-state index in [-0.39, 0.29) is 64.6 Å². The average molecular weight is 903 g/mol. The zero-order chi connectivity index (χ0) is 37.9. The predicted molar refractivity (Wildman–Crippen MR) is 100 cm³/mol. The van der Waals surface area contributed by atoms with Crippen LogP contribution in [-0.2, 0) is 130 Å². The zero-order valence-electron chi connectivity index (χ0n) is 20.8. The summed E-state index contributed by atoms with van der Waals surface area (Å²) in [5, 5.41) is 0. The summed E-state index contributed by atoms with van der Waals surface area (Å²) in [5.41, 5.74) is 0. The van der Waals surface area contributed by atoms with E-state index in [4.69, 9.17) is 125 Å². The van der Waals surface area contributed by atoms with Crippen LogP contribution < -0.4 is 59.1 Å². The Balaban J connectivity index is -0.0000000124. The summed E-state index contributed by atoms with van der Waals surface area (Å²) >= 11 is 0. The second kappa shape index (κ2) is 435. The Morgan fingerprint density at radius 3 is 0.133 bits per heavy atom. The van der Waals surface area contributed by atoms with E-state index in [2.05, 4.69) is 0 Å². The monoisotopic (exact) mass is 902 g/mol. The SMILES string of the molecule is O=[Si]=O.O=[Si]=O.O=[Si]=O.O=[Si]=O.O=[Si]=O.O=[Si]=O.O=[Si]=O.O=[Si]=O.O=[Si]=O.O=[Si]=O.O=[Si]=O.O=[Si]=O.O=[Si]=O.O=[Si]=O.[Na+].[Na+].[O-2]. The van der Waals surface area contributed by atoms with Gasteiger partial charge in [-0.15, -0.1) is 0 Å². The van der Waals surface area contributed by atoms with Crippen molar-refractivity contribution in [2.45, 2.75) is 0 Å². The molecule has 0 fully saturated rings. The van der Waals surface area contributed by atoms with Crippen LogP contribution in [0.15, 0.2) is 0 Å². The van der Waals surface area contributed by atoms with Gasteiger partial charge in [-0.05, 0) is 0 Å². The third-order valence-corrected chi connectivity index (χ3v) is 0. The van der Waals surface area contributed by atoms with Gasteiger partial charge < -0.3 is 5.48 Å². The van der Waals surface area contributed by atoms with Gasteiger partial charge >= 0.3 is 189 Å². The molecule has 0 aromatic carbocycles. The molecule has 0 saturated carbocycles. The van der Waals surface area contributed by atoms with E-state index in [1.54, 1.807) is 0 Å². The summed E-state index contributed by atoms with van der Waals surface area (Å²) in [5.74, 6) is 0. The minimum atomic E-state index is -1.42. The molecule has 0 spiro atoms. The minimum Gasteiger partial charge on any atom is -2.00 e. The number of hydrogen-bond acceptors (Lipinski definition) is 28. The Kier molecular flexibility index (Phi) is 1080. The maximum absolute atomic E-state index is 8.40. The Labute approximate surface area is 316 Å². The molecule has 29 nitrogen and oxygen atoms in total. The summed E-state index contributed by atoms with van der Waals surface area (Å²) in [7, 11) is -19.8. The molecule has 45 heteroatoms. The van der Waals surface area contributed by atoms with Gasteiger partial charge in [0.05, 0.1) is 0 Å². The van der Waals surface area contributed by atoms with Crippen LogP contribution in [0.2, 0.25) is 0 Å². The first-order valence-electron chi connectivity index (χ1n) is 5.72. The predicted octanol–water partition coefficient (Wildman–Crippen LogP) is -14.8. The molecular weight excluding hydrogens is 903 g/mol. The van der Waals surface area contributed by atoms with E-state index in [1.165, 1.54) is 0 Å². The molecule has 0 aliphatic rings. The summed E-state index contributed by atoms with van der Waals surface area (Å²) in [6, 6.07) is 0. The van der Waals surface area contributed by atoms with Crippen LogP contribution in [0.4, 0.5) is 0 Å². The fourth-order valence-corrected chi connectivity index (χ4v) is 0. The first kappa shape index (κ1) is 111. The second-order valence-electron chi connectivity index (χ2n) is 1.17. The fraction of sp³-hybridized carbons (Fsp3) is 0. The fourth-order valence-electron chi connectivity index (χ4n) is 0. The maximum atomic E-state index is 8.40. The van der Waals surface area contributed by atoms with Crippen molar-refractivity contribution < 1.29 is 190 Å². The standard InChI is InChI=1S/2Na.14O2Si.O/c;;14*1-3-2;/q2*+1;;;;;;;;;;;;;;;-2. The van der Waals surface area contributed by atoms with E-state index in [9.17, 15) is 0 Å². The van der Waals surface area contributed by atoms with Crippen LogP contribution in [0, 0.1) is 0 Å². The van der Waals surface area contributed by atoms with Crippen molar-refractivity contribution in [2.24, 2.45) is 0 Å². The Morgan fingerprint density at radius 2 is 0.133 bits per heavy atom. The smallest absolute Gasteiger partial charge is 1.00 e. The van der Waals surface area contributed by atoms with Crippen molar-refractivity contribution in [2.75, 3.05) is 0 Å². The molecule has 45 heavy (non-hydrogen) atoms. The van der Waals surface area contributed by atoms with Gasteiger partial charge in [-0.2, -0.15) is 0 Å². The molecule has 0 unspecified atom stereocenters. The zero-order valence-corrected chi connectivity index (χ0v) is 38.8. The molecule has 0 rings (SSSR count). The maximum Gasteiger partial charge on any atom is 1.00 e. The van der Waals surface area contributed by atoms with Gasteiger partial charge in [0.2, 0.25) is 0 Å². The summed E-state index contributed by atoms with van der Waals surface area (Å²) in [4.78, 5) is 0. The molecular formula is Na2O29Si14. The first-order chi connectivity index (χ1) is 19.8. The van der Waals surface area contributed by atoms with E-state index in [1.807, 2.05) is 0 Å². The quantitative estimate of drug-likeness (QED) is 0.204. The van der Waals surface area contributed by atoms with Gasteiger partial charge in [0, 0.05) is 0 Å². The van der Waals surface area contributed by atoms with E-state index >= 15 is 0 Å². The van der Waals surface area contributed by atoms with Crippen LogP contribution in [0.3, 0.4) is 0 Å². The summed E-state index contributed by atoms with van der Waals surface area (Å²) in [6.07, 6.45) is 0. The van der Waals surface area contributed by atoms with Gasteiger partial charge in [-0.25, -0.2) is 0 Å². The normalized spacial score (nSPS) is 2.49. The molecule has 0 N–H and O–H groups in total. The third kappa shape index (κ3) is 204000. The van der Waals surface area contributed by atoms with E-state index in [0.717, 1.165) is 0 Å². The second-order valence-corrected chi connectivity index (χ2v) is 3.50. The third-order valence-electron chi connectivity index (χ3n) is 0. The Morgan fingerprint density at radius 1 is 0.133 bits per heavy atom. The first-order valence-corrected chi connectivity index (χ1v) is 17.1. The van der Waals surface area contributed by atoms with Crippen molar-refractivity contribution in [1.82, 2.24) is 0 Å². The molecule has 0 aliphatic heterocycles. The Bertz CT molecular complexity index is 665. The molecule has 232 valence electrons. The molecule has 0 amide bonds. The Hall–Kier alpha value is -0.604. The van der Waals surface area contributed by atoms with Gasteiger partial charge in [0.25, 0.3) is 0 Å². The molecule has 0 aromatic heterocycles. The molecule has 0 atom stereocenters. The van der Waals surface area contributed by atoms with Crippen molar-refractivity contribution in [3.63, 3.8) is 0 Å². The van der Waals surface area contributed by atoms with Crippen molar-refractivity contribution in [3.05, 3.63) is 0 Å². The minimum absolute atomic E-state index is 0. The summed E-state index contributed by atoms with van der Waals surface area (Å²) < 4.78 is 235.